The molecule has 0 amide bonds. The van der Waals surface area contributed by atoms with Crippen molar-refractivity contribution in [2.24, 2.45) is 0 Å². The number of aliphatic hydroxyl groups is 5. The van der Waals surface area contributed by atoms with Crippen molar-refractivity contribution < 1.29 is 87.5 Å². The first kappa shape index (κ1) is 43.7. The molecule has 241 valence electrons. The van der Waals surface area contributed by atoms with Crippen LogP contribution in [0.2, 0.25) is 0 Å². The first-order chi connectivity index (χ1) is 18.7. The number of benzene rings is 1. The largest absolute Gasteiger partial charge is 2.00 e. The molecule has 1 aromatic rings. The predicted octanol–water partition coefficient (Wildman–Crippen LogP) is -9.55. The molecule has 0 saturated heterocycles. The molecule has 42 heavy (non-hydrogen) atoms. The monoisotopic (exact) mass is 645 g/mol. The summed E-state index contributed by atoms with van der Waals surface area (Å²) in [6.45, 7) is -3.15. The Morgan fingerprint density at radius 1 is 0.810 bits per heavy atom. The van der Waals surface area contributed by atoms with E-state index in [0.717, 1.165) is 9.80 Å². The van der Waals surface area contributed by atoms with Crippen molar-refractivity contribution in [3.05, 3.63) is 35.9 Å². The third kappa shape index (κ3) is 18.7. The molecule has 0 spiro atoms. The summed E-state index contributed by atoms with van der Waals surface area (Å²) in [4.78, 5) is 45.9. The summed E-state index contributed by atoms with van der Waals surface area (Å²) in [5.41, 5.74) is 0.622. The summed E-state index contributed by atoms with van der Waals surface area (Å²) >= 11 is 0. The van der Waals surface area contributed by atoms with Gasteiger partial charge in [-0.2, -0.15) is 0 Å². The number of aliphatic hydroxyl groups excluding tert-OH is 5. The number of nitrogens with two attached hydrogens (primary N) is 1. The van der Waals surface area contributed by atoms with Gasteiger partial charge in [0, 0.05) is 32.7 Å². The molecule has 0 heterocycles. The van der Waals surface area contributed by atoms with Crippen LogP contribution in [0.1, 0.15) is 13.0 Å². The maximum atomic E-state index is 11.5. The van der Waals surface area contributed by atoms with Gasteiger partial charge in [0.1, 0.15) is 31.0 Å². The molecule has 0 fully saturated rings. The molecule has 7 N–H and O–H groups in total. The van der Waals surface area contributed by atoms with E-state index in [0.29, 0.717) is 5.56 Å². The van der Waals surface area contributed by atoms with E-state index >= 15 is 0 Å². The normalized spacial score (nSPS) is 14.2. The Morgan fingerprint density at radius 3 is 1.69 bits per heavy atom. The van der Waals surface area contributed by atoms with Crippen molar-refractivity contribution in [2.45, 2.75) is 44.3 Å². The topological polar surface area (TPSA) is 285 Å². The van der Waals surface area contributed by atoms with Crippen molar-refractivity contribution >= 4 is 23.9 Å². The van der Waals surface area contributed by atoms with Crippen LogP contribution in [0.5, 0.6) is 0 Å². The van der Waals surface area contributed by atoms with Gasteiger partial charge >= 0.3 is 17.1 Å². The van der Waals surface area contributed by atoms with Gasteiger partial charge in [-0.05, 0) is 12.0 Å². The summed E-state index contributed by atoms with van der Waals surface area (Å²) < 4.78 is 0. The van der Waals surface area contributed by atoms with Gasteiger partial charge in [-0.3, -0.25) is 9.80 Å². The minimum Gasteiger partial charge on any atom is -0.549 e. The minimum atomic E-state index is -1.54. The van der Waals surface area contributed by atoms with Gasteiger partial charge in [0.05, 0.1) is 43.6 Å². The van der Waals surface area contributed by atoms with Gasteiger partial charge in [-0.25, -0.2) is 0 Å². The number of rotatable bonds is 19. The molecule has 5 atom stereocenters. The van der Waals surface area contributed by atoms with Crippen molar-refractivity contribution in [1.82, 2.24) is 9.80 Å². The van der Waals surface area contributed by atoms with Crippen LogP contribution >= 0.6 is 0 Å². The Hall–Kier alpha value is -2.70. The molecule has 16 nitrogen and oxygen atoms in total. The Kier molecular flexibility index (Phi) is 24.8. The van der Waals surface area contributed by atoms with E-state index in [-0.39, 0.29) is 50.6 Å². The van der Waals surface area contributed by atoms with Crippen LogP contribution in [0.4, 0.5) is 0 Å². The molecule has 1 unspecified atom stereocenters. The van der Waals surface area contributed by atoms with E-state index in [1.165, 1.54) is 0 Å². The quantitative estimate of drug-likeness (QED) is 0.0762. The Balaban J connectivity index is -0.000000863. The first-order valence-electron chi connectivity index (χ1n) is 12.1. The average molecular weight is 646 g/mol. The van der Waals surface area contributed by atoms with Crippen LogP contribution < -0.4 is 25.7 Å². The second-order valence-corrected chi connectivity index (χ2v) is 8.76. The number of carbonyl (C=O) groups is 4. The summed E-state index contributed by atoms with van der Waals surface area (Å²) in [5.74, 6) is -6.14. The number of hydrogen-bond acceptors (Lipinski definition) is 15. The maximum Gasteiger partial charge on any atom is 2.00 e. The van der Waals surface area contributed by atoms with Gasteiger partial charge in [-0.15, -0.1) is 0 Å². The number of carboxylic acid groups (broad SMARTS) is 4. The minimum absolute atomic E-state index is 0. The van der Waals surface area contributed by atoms with Gasteiger partial charge < -0.3 is 70.5 Å². The molecule has 0 aliphatic carbocycles. The summed E-state index contributed by atoms with van der Waals surface area (Å²) in [6, 6.07) is 7.09. The Morgan fingerprint density at radius 2 is 1.29 bits per heavy atom. The number of nitrogens with zero attached hydrogens (tertiary/aromatic N) is 2. The van der Waals surface area contributed by atoms with Gasteiger partial charge in [-0.1, -0.05) is 37.8 Å². The molecule has 1 radical (unpaired) electrons. The SMILES string of the molecule is C.C[NH2+]C[C@H](O)[C@@H](O)[C@H](O)[C@H](O)CO.O=C([O-])CN(CCN(CC(=O)[O-])C(Cc1ccccc1)C(=O)[O-])CC(=O)[O-].[Mn+2]. The fourth-order valence-corrected chi connectivity index (χ4v) is 3.50. The van der Waals surface area contributed by atoms with Crippen molar-refractivity contribution in [1.29, 1.82) is 0 Å². The molecule has 17 heteroatoms. The van der Waals surface area contributed by atoms with Gasteiger partial charge in [0.2, 0.25) is 0 Å². The van der Waals surface area contributed by atoms with Crippen LogP contribution in [-0.2, 0) is 42.7 Å². The Bertz CT molecular complexity index is 897. The fraction of sp³-hybridized carbons (Fsp3) is 0.600. The molecular weight excluding hydrogens is 605 g/mol. The first-order valence-corrected chi connectivity index (χ1v) is 12.1. The number of carbonyl (C=O) groups excluding carboxylic acids is 4. The maximum absolute atomic E-state index is 11.5. The van der Waals surface area contributed by atoms with E-state index in [1.807, 2.05) is 0 Å². The number of hydrogen-bond donors (Lipinski definition) is 6. The summed E-state index contributed by atoms with van der Waals surface area (Å²) in [5, 5.41) is 90.6. The molecule has 0 aliphatic heterocycles. The van der Waals surface area contributed by atoms with E-state index in [2.05, 4.69) is 0 Å². The van der Waals surface area contributed by atoms with Crippen molar-refractivity contribution in [2.75, 3.05) is 52.9 Å². The summed E-state index contributed by atoms with van der Waals surface area (Å²) in [7, 11) is 1.70. The number of carboxylic acids is 4. The van der Waals surface area contributed by atoms with Crippen LogP contribution in [-0.4, -0.2) is 143 Å². The third-order valence-corrected chi connectivity index (χ3v) is 5.53. The number of likely N-dealkylation sites (N-methyl/N-ethyl adjacent to an activating group) is 1. The molecule has 0 aliphatic rings. The van der Waals surface area contributed by atoms with Crippen LogP contribution in [0, 0.1) is 0 Å². The van der Waals surface area contributed by atoms with E-state index in [4.69, 9.17) is 15.3 Å². The molecule has 0 saturated carbocycles. The molecule has 0 aromatic heterocycles. The van der Waals surface area contributed by atoms with Crippen LogP contribution in [0.3, 0.4) is 0 Å². The standard InChI is InChI=1S/C17H22N2O8.C7H17NO5.CH4.Mn/c20-14(21)9-18(10-15(22)23)6-7-19(11-16(24)25)13(17(26)27)8-12-4-2-1-3-5-12;1-8-2-4(10)6(12)7(13)5(11)3-9;;/h1-5,13H,6-11H2,(H,20,21)(H,22,23)(H,24,25)(H,26,27);4-13H,2-3H2,1H3;1H4;/q;;;+2/p-3/t;4-,5+,6+,7+;;/m.0../s1. The molecular formula is C25H40MnN3O13-. The summed E-state index contributed by atoms with van der Waals surface area (Å²) in [6.07, 6.45) is -5.58. The Labute approximate surface area is 254 Å². The molecule has 1 aromatic carbocycles. The number of aliphatic carboxylic acids is 4. The third-order valence-electron chi connectivity index (χ3n) is 5.53. The van der Waals surface area contributed by atoms with Gasteiger partial charge in [0.25, 0.3) is 0 Å². The average Bonchev–Trinajstić information content (AvgIpc) is 2.88. The molecule has 1 rings (SSSR count). The zero-order chi connectivity index (χ0) is 30.8. The second-order valence-electron chi connectivity index (χ2n) is 8.76. The van der Waals surface area contributed by atoms with E-state index in [1.54, 1.807) is 42.7 Å². The predicted molar refractivity (Wildman–Crippen MR) is 133 cm³/mol. The zero-order valence-electron chi connectivity index (χ0n) is 22.3. The fourth-order valence-electron chi connectivity index (χ4n) is 3.50. The zero-order valence-corrected chi connectivity index (χ0v) is 23.5. The second kappa shape index (κ2) is 23.8. The molecule has 0 bridgehead atoms. The van der Waals surface area contributed by atoms with Crippen LogP contribution in [0.25, 0.3) is 0 Å². The van der Waals surface area contributed by atoms with Gasteiger partial charge in [0.15, 0.2) is 0 Å². The van der Waals surface area contributed by atoms with Crippen LogP contribution in [0.15, 0.2) is 30.3 Å². The van der Waals surface area contributed by atoms with Crippen molar-refractivity contribution in [3.8, 4) is 0 Å². The van der Waals surface area contributed by atoms with E-state index < -0.39 is 80.6 Å². The van der Waals surface area contributed by atoms with Crippen molar-refractivity contribution in [3.63, 3.8) is 0 Å². The number of quaternary nitrogens is 1. The smallest absolute Gasteiger partial charge is 0.549 e. The van der Waals surface area contributed by atoms with E-state index in [9.17, 15) is 49.8 Å².